The number of aromatic hydroxyl groups is 1. The molecule has 0 aliphatic carbocycles. The highest BCUT2D eigenvalue weighted by molar-refractivity contribution is 5.94. The highest BCUT2D eigenvalue weighted by Gasteiger charge is 2.11. The number of phenols is 1. The molecule has 4 N–H and O–H groups in total. The number of fused-ring (bicyclic) bond motifs is 1. The predicted molar refractivity (Wildman–Crippen MR) is 110 cm³/mol. The van der Waals surface area contributed by atoms with Gasteiger partial charge < -0.3 is 25.8 Å². The zero-order valence-electron chi connectivity index (χ0n) is 16.0. The van der Waals surface area contributed by atoms with Crippen LogP contribution in [0.15, 0.2) is 47.5 Å². The van der Waals surface area contributed by atoms with Crippen LogP contribution >= 0.6 is 0 Å². The van der Waals surface area contributed by atoms with Gasteiger partial charge in [0.1, 0.15) is 18.0 Å². The average Bonchev–Trinajstić information content (AvgIpc) is 3.16. The summed E-state index contributed by atoms with van der Waals surface area (Å²) in [4.78, 5) is 16.4. The summed E-state index contributed by atoms with van der Waals surface area (Å²) in [5.41, 5.74) is 3.14. The van der Waals surface area contributed by atoms with Crippen molar-refractivity contribution in [3.05, 3.63) is 53.6 Å². The summed E-state index contributed by atoms with van der Waals surface area (Å²) in [6, 6.07) is 12.6. The van der Waals surface area contributed by atoms with Crippen molar-refractivity contribution in [1.82, 2.24) is 10.6 Å². The van der Waals surface area contributed by atoms with Gasteiger partial charge in [0, 0.05) is 25.2 Å². The van der Waals surface area contributed by atoms with Gasteiger partial charge in [0.25, 0.3) is 0 Å². The fourth-order valence-corrected chi connectivity index (χ4v) is 2.96. The summed E-state index contributed by atoms with van der Waals surface area (Å²) in [5.74, 6) is 1.53. The Bertz CT molecular complexity index is 834. The van der Waals surface area contributed by atoms with Crippen LogP contribution < -0.4 is 20.7 Å². The van der Waals surface area contributed by atoms with Crippen LogP contribution in [0.5, 0.6) is 11.5 Å². The molecule has 0 radical (unpaired) electrons. The number of carbonyl (C=O) groups excluding carboxylic acids is 1. The molecule has 28 heavy (non-hydrogen) atoms. The lowest BCUT2D eigenvalue weighted by Gasteiger charge is -2.12. The molecular formula is C21H26N4O3. The van der Waals surface area contributed by atoms with Crippen molar-refractivity contribution < 1.29 is 14.6 Å². The normalized spacial score (nSPS) is 12.8. The smallest absolute Gasteiger partial charge is 0.246 e. The molecule has 2 aromatic rings. The van der Waals surface area contributed by atoms with Crippen molar-refractivity contribution >= 4 is 17.6 Å². The molecule has 1 aliphatic rings. The van der Waals surface area contributed by atoms with Gasteiger partial charge >= 0.3 is 0 Å². The minimum Gasteiger partial charge on any atom is -0.508 e. The van der Waals surface area contributed by atoms with Crippen molar-refractivity contribution in [1.29, 1.82) is 0 Å². The number of carbonyl (C=O) groups is 1. The van der Waals surface area contributed by atoms with Crippen molar-refractivity contribution in [2.45, 2.75) is 19.8 Å². The molecule has 0 fully saturated rings. The third-order valence-corrected chi connectivity index (χ3v) is 4.34. The predicted octanol–water partition coefficient (Wildman–Crippen LogP) is 2.06. The topological polar surface area (TPSA) is 95.0 Å². The molecular weight excluding hydrogens is 356 g/mol. The van der Waals surface area contributed by atoms with Crippen LogP contribution in [0.1, 0.15) is 18.1 Å². The largest absolute Gasteiger partial charge is 0.508 e. The molecule has 7 nitrogen and oxygen atoms in total. The number of hydrogen-bond donors (Lipinski definition) is 4. The fourth-order valence-electron chi connectivity index (χ4n) is 2.96. The number of aliphatic imine (C=N–C) groups is 1. The van der Waals surface area contributed by atoms with Gasteiger partial charge in [-0.2, -0.15) is 0 Å². The second-order valence-electron chi connectivity index (χ2n) is 6.51. The molecule has 148 valence electrons. The first-order valence-electron chi connectivity index (χ1n) is 9.49. The standard InChI is InChI=1S/C21H26N4O3/c1-2-22-21(24-14-20(27)25-17-4-6-18(26)7-5-17)23-11-9-15-3-8-19-16(13-15)10-12-28-19/h3-8,13,26H,2,9-12,14H2,1H3,(H,25,27)(H2,22,23,24). The summed E-state index contributed by atoms with van der Waals surface area (Å²) in [6.45, 7) is 4.17. The van der Waals surface area contributed by atoms with Gasteiger partial charge in [-0.05, 0) is 54.8 Å². The van der Waals surface area contributed by atoms with Gasteiger partial charge in [-0.25, -0.2) is 4.99 Å². The highest BCUT2D eigenvalue weighted by atomic mass is 16.5. The third-order valence-electron chi connectivity index (χ3n) is 4.34. The van der Waals surface area contributed by atoms with Gasteiger partial charge in [0.15, 0.2) is 5.96 Å². The molecule has 7 heteroatoms. The van der Waals surface area contributed by atoms with Crippen molar-refractivity contribution in [3.63, 3.8) is 0 Å². The van der Waals surface area contributed by atoms with Gasteiger partial charge in [-0.1, -0.05) is 12.1 Å². The SMILES string of the molecule is CCNC(=NCC(=O)Nc1ccc(O)cc1)NCCc1ccc2c(c1)CCO2. The van der Waals surface area contributed by atoms with E-state index in [2.05, 4.69) is 33.1 Å². The minimum absolute atomic E-state index is 0.00634. The second-order valence-corrected chi connectivity index (χ2v) is 6.51. The molecule has 0 unspecified atom stereocenters. The Morgan fingerprint density at radius 3 is 2.79 bits per heavy atom. The number of amides is 1. The van der Waals surface area contributed by atoms with E-state index < -0.39 is 0 Å². The van der Waals surface area contributed by atoms with E-state index in [0.29, 0.717) is 24.7 Å². The van der Waals surface area contributed by atoms with Crippen LogP contribution in [0.3, 0.4) is 0 Å². The number of nitrogens with one attached hydrogen (secondary N) is 3. The molecule has 0 bridgehead atoms. The number of ether oxygens (including phenoxy) is 1. The molecule has 0 atom stereocenters. The number of hydrogen-bond acceptors (Lipinski definition) is 4. The molecule has 0 spiro atoms. The monoisotopic (exact) mass is 382 g/mol. The number of rotatable bonds is 7. The molecule has 0 aromatic heterocycles. The van der Waals surface area contributed by atoms with Crippen molar-refractivity contribution in [2.24, 2.45) is 4.99 Å². The van der Waals surface area contributed by atoms with Crippen molar-refractivity contribution in [2.75, 3.05) is 31.6 Å². The Balaban J connectivity index is 1.48. The first kappa shape index (κ1) is 19.5. The van der Waals surface area contributed by atoms with E-state index in [0.717, 1.165) is 25.2 Å². The van der Waals surface area contributed by atoms with E-state index in [1.165, 1.54) is 23.3 Å². The summed E-state index contributed by atoms with van der Waals surface area (Å²) in [6.07, 6.45) is 1.83. The summed E-state index contributed by atoms with van der Waals surface area (Å²) < 4.78 is 5.54. The van der Waals surface area contributed by atoms with Crippen molar-refractivity contribution in [3.8, 4) is 11.5 Å². The number of anilines is 1. The summed E-state index contributed by atoms with van der Waals surface area (Å²) in [5, 5.41) is 18.4. The lowest BCUT2D eigenvalue weighted by atomic mass is 10.1. The highest BCUT2D eigenvalue weighted by Crippen LogP contribution is 2.25. The maximum atomic E-state index is 12.1. The number of phenolic OH excluding ortho intramolecular Hbond substituents is 1. The van der Waals surface area contributed by atoms with Gasteiger partial charge in [-0.15, -0.1) is 0 Å². The molecule has 1 amide bonds. The van der Waals surface area contributed by atoms with E-state index in [1.54, 1.807) is 12.1 Å². The van der Waals surface area contributed by atoms with Gasteiger partial charge in [-0.3, -0.25) is 4.79 Å². The Kier molecular flexibility index (Phi) is 6.73. The van der Waals surface area contributed by atoms with Crippen LogP contribution in [0, 0.1) is 0 Å². The van der Waals surface area contributed by atoms with E-state index in [4.69, 9.17) is 4.74 Å². The third kappa shape index (κ3) is 5.64. The molecule has 0 saturated heterocycles. The average molecular weight is 382 g/mol. The summed E-state index contributed by atoms with van der Waals surface area (Å²) >= 11 is 0. The molecule has 3 rings (SSSR count). The first-order chi connectivity index (χ1) is 13.6. The van der Waals surface area contributed by atoms with Crippen LogP contribution in [-0.4, -0.2) is 43.2 Å². The Morgan fingerprint density at radius 1 is 1.18 bits per heavy atom. The Morgan fingerprint density at radius 2 is 2.00 bits per heavy atom. The zero-order chi connectivity index (χ0) is 19.8. The van der Waals surface area contributed by atoms with Crippen LogP contribution in [0.25, 0.3) is 0 Å². The maximum absolute atomic E-state index is 12.1. The second kappa shape index (κ2) is 9.64. The Hall–Kier alpha value is -3.22. The van der Waals surface area contributed by atoms with Gasteiger partial charge in [0.2, 0.25) is 5.91 Å². The van der Waals surface area contributed by atoms with Gasteiger partial charge in [0.05, 0.1) is 6.61 Å². The van der Waals surface area contributed by atoms with E-state index in [-0.39, 0.29) is 18.2 Å². The molecule has 1 aliphatic heterocycles. The minimum atomic E-state index is -0.221. The lowest BCUT2D eigenvalue weighted by molar-refractivity contribution is -0.114. The number of guanidine groups is 1. The molecule has 2 aromatic carbocycles. The first-order valence-corrected chi connectivity index (χ1v) is 9.49. The van der Waals surface area contributed by atoms with E-state index >= 15 is 0 Å². The van der Waals surface area contributed by atoms with E-state index in [1.807, 2.05) is 13.0 Å². The quantitative estimate of drug-likeness (QED) is 0.334. The van der Waals surface area contributed by atoms with Crippen LogP contribution in [0.2, 0.25) is 0 Å². The summed E-state index contributed by atoms with van der Waals surface area (Å²) in [7, 11) is 0. The van der Waals surface area contributed by atoms with Crippen LogP contribution in [-0.2, 0) is 17.6 Å². The molecule has 0 saturated carbocycles. The molecule has 1 heterocycles. The lowest BCUT2D eigenvalue weighted by Crippen LogP contribution is -2.39. The number of nitrogens with zero attached hydrogens (tertiary/aromatic N) is 1. The fraction of sp³-hybridized carbons (Fsp3) is 0.333. The number of benzene rings is 2. The zero-order valence-corrected chi connectivity index (χ0v) is 16.0. The Labute approximate surface area is 164 Å². The van der Waals surface area contributed by atoms with E-state index in [9.17, 15) is 9.90 Å². The maximum Gasteiger partial charge on any atom is 0.246 e. The van der Waals surface area contributed by atoms with Crippen LogP contribution in [0.4, 0.5) is 5.69 Å².